The minimum atomic E-state index is 0.705. The van der Waals surface area contributed by atoms with Gasteiger partial charge in [-0.3, -0.25) is 14.7 Å². The summed E-state index contributed by atoms with van der Waals surface area (Å²) < 4.78 is 1.95. The summed E-state index contributed by atoms with van der Waals surface area (Å²) >= 11 is 0. The number of aromatic nitrogens is 3. The molecule has 0 aliphatic carbocycles. The highest BCUT2D eigenvalue weighted by molar-refractivity contribution is 5.88. The van der Waals surface area contributed by atoms with E-state index in [0.717, 1.165) is 22.5 Å². The van der Waals surface area contributed by atoms with Crippen molar-refractivity contribution in [3.63, 3.8) is 0 Å². The molecule has 5 nitrogen and oxygen atoms in total. The van der Waals surface area contributed by atoms with Gasteiger partial charge in [0.25, 0.3) is 0 Å². The van der Waals surface area contributed by atoms with Gasteiger partial charge in [-0.25, -0.2) is 0 Å². The quantitative estimate of drug-likeness (QED) is 0.373. The first-order valence-corrected chi connectivity index (χ1v) is 9.14. The van der Waals surface area contributed by atoms with Crippen LogP contribution in [0.15, 0.2) is 96.5 Å². The zero-order valence-electron chi connectivity index (χ0n) is 15.7. The van der Waals surface area contributed by atoms with Crippen molar-refractivity contribution in [1.29, 1.82) is 0 Å². The van der Waals surface area contributed by atoms with Crippen LogP contribution < -0.4 is 5.01 Å². The maximum absolute atomic E-state index is 4.79. The maximum Gasteiger partial charge on any atom is 0.103 e. The van der Waals surface area contributed by atoms with Crippen molar-refractivity contribution in [2.45, 2.75) is 6.54 Å². The normalized spacial score (nSPS) is 11.0. The Balaban J connectivity index is 1.65. The number of anilines is 1. The fraction of sp³-hybridized carbons (Fsp3) is 0.0870. The summed E-state index contributed by atoms with van der Waals surface area (Å²) in [6, 6.07) is 24.3. The van der Waals surface area contributed by atoms with E-state index in [4.69, 9.17) is 5.10 Å². The van der Waals surface area contributed by atoms with Crippen molar-refractivity contribution < 1.29 is 0 Å². The molecule has 0 radical (unpaired) electrons. The predicted molar refractivity (Wildman–Crippen MR) is 113 cm³/mol. The summed E-state index contributed by atoms with van der Waals surface area (Å²) in [6.45, 7) is 0.705. The Labute approximate surface area is 164 Å². The molecular formula is C23H21N5. The first-order valence-electron chi connectivity index (χ1n) is 9.14. The molecule has 2 aromatic carbocycles. The van der Waals surface area contributed by atoms with Gasteiger partial charge in [0.1, 0.15) is 5.69 Å². The van der Waals surface area contributed by atoms with Gasteiger partial charge in [-0.1, -0.05) is 48.5 Å². The molecule has 4 rings (SSSR count). The maximum atomic E-state index is 4.79. The fourth-order valence-corrected chi connectivity index (χ4v) is 2.97. The van der Waals surface area contributed by atoms with Gasteiger partial charge in [0, 0.05) is 36.8 Å². The molecule has 0 fully saturated rings. The molecule has 0 spiro atoms. The molecule has 0 amide bonds. The molecule has 0 aliphatic heterocycles. The molecule has 5 heteroatoms. The molecule has 0 bridgehead atoms. The van der Waals surface area contributed by atoms with E-state index in [1.807, 2.05) is 96.0 Å². The number of hydrogen-bond acceptors (Lipinski definition) is 4. The van der Waals surface area contributed by atoms with Gasteiger partial charge in [0.2, 0.25) is 0 Å². The number of hydrogen-bond donors (Lipinski definition) is 0. The van der Waals surface area contributed by atoms with Gasteiger partial charge in [0.05, 0.1) is 18.4 Å². The standard InChI is InChI=1S/C23H21N5/c1-27(22-12-6-3-7-13-22)25-16-21-18-28(17-19-9-4-2-5-10-19)26-23(21)20-11-8-14-24-15-20/h2-16,18H,17H2,1H3/b25-16-. The SMILES string of the molecule is CN(/N=C\c1cn(Cc2ccccc2)nc1-c1cccnc1)c1ccccc1. The molecule has 138 valence electrons. The summed E-state index contributed by atoms with van der Waals surface area (Å²) in [4.78, 5) is 4.23. The molecule has 2 heterocycles. The monoisotopic (exact) mass is 367 g/mol. The van der Waals surface area contributed by atoms with E-state index in [2.05, 4.69) is 22.2 Å². The van der Waals surface area contributed by atoms with Crippen LogP contribution in [-0.4, -0.2) is 28.0 Å². The Morgan fingerprint density at radius 3 is 2.43 bits per heavy atom. The third kappa shape index (κ3) is 4.15. The minimum Gasteiger partial charge on any atom is -0.269 e. The highest BCUT2D eigenvalue weighted by atomic mass is 15.4. The van der Waals surface area contributed by atoms with Crippen molar-refractivity contribution in [3.05, 3.63) is 103 Å². The van der Waals surface area contributed by atoms with E-state index in [1.54, 1.807) is 6.20 Å². The zero-order valence-corrected chi connectivity index (χ0v) is 15.7. The van der Waals surface area contributed by atoms with Gasteiger partial charge in [-0.2, -0.15) is 10.2 Å². The van der Waals surface area contributed by atoms with E-state index in [9.17, 15) is 0 Å². The van der Waals surface area contributed by atoms with E-state index >= 15 is 0 Å². The lowest BCUT2D eigenvalue weighted by atomic mass is 10.1. The van der Waals surface area contributed by atoms with E-state index in [-0.39, 0.29) is 0 Å². The second-order valence-corrected chi connectivity index (χ2v) is 6.46. The van der Waals surface area contributed by atoms with Gasteiger partial charge in [-0.05, 0) is 29.8 Å². The van der Waals surface area contributed by atoms with Gasteiger partial charge >= 0.3 is 0 Å². The summed E-state index contributed by atoms with van der Waals surface area (Å²) in [6.07, 6.45) is 7.47. The second kappa shape index (κ2) is 8.31. The van der Waals surface area contributed by atoms with E-state index < -0.39 is 0 Å². The first-order chi connectivity index (χ1) is 13.8. The van der Waals surface area contributed by atoms with Crippen LogP contribution in [0.4, 0.5) is 5.69 Å². The van der Waals surface area contributed by atoms with Crippen LogP contribution in [0, 0.1) is 0 Å². The van der Waals surface area contributed by atoms with Crippen LogP contribution in [0.3, 0.4) is 0 Å². The molecule has 0 saturated heterocycles. The molecule has 0 N–H and O–H groups in total. The molecule has 0 saturated carbocycles. The highest BCUT2D eigenvalue weighted by Crippen LogP contribution is 2.21. The Kier molecular flexibility index (Phi) is 5.24. The molecular weight excluding hydrogens is 346 g/mol. The minimum absolute atomic E-state index is 0.705. The molecule has 0 unspecified atom stereocenters. The Bertz CT molecular complexity index is 1040. The Morgan fingerprint density at radius 2 is 1.71 bits per heavy atom. The largest absolute Gasteiger partial charge is 0.269 e. The third-order valence-corrected chi connectivity index (χ3v) is 4.41. The van der Waals surface area contributed by atoms with Gasteiger partial charge in [0.15, 0.2) is 0 Å². The lowest BCUT2D eigenvalue weighted by molar-refractivity contribution is 0.689. The summed E-state index contributed by atoms with van der Waals surface area (Å²) in [5.41, 5.74) is 5.02. The molecule has 28 heavy (non-hydrogen) atoms. The van der Waals surface area contributed by atoms with Crippen molar-refractivity contribution in [2.24, 2.45) is 5.10 Å². The summed E-state index contributed by atoms with van der Waals surface area (Å²) in [5, 5.41) is 11.2. The second-order valence-electron chi connectivity index (χ2n) is 6.46. The Hall–Kier alpha value is -3.73. The molecule has 2 aromatic heterocycles. The van der Waals surface area contributed by atoms with Crippen LogP contribution in [-0.2, 0) is 6.54 Å². The van der Waals surface area contributed by atoms with Crippen LogP contribution in [0.5, 0.6) is 0 Å². The van der Waals surface area contributed by atoms with Crippen LogP contribution in [0.2, 0.25) is 0 Å². The zero-order chi connectivity index (χ0) is 19.2. The summed E-state index contributed by atoms with van der Waals surface area (Å²) in [5.74, 6) is 0. The average molecular weight is 367 g/mol. The fourth-order valence-electron chi connectivity index (χ4n) is 2.97. The number of rotatable bonds is 6. The van der Waals surface area contributed by atoms with Crippen molar-refractivity contribution in [2.75, 3.05) is 12.1 Å². The predicted octanol–water partition coefficient (Wildman–Crippen LogP) is 4.46. The smallest absolute Gasteiger partial charge is 0.103 e. The highest BCUT2D eigenvalue weighted by Gasteiger charge is 2.11. The number of hydrazone groups is 1. The lowest BCUT2D eigenvalue weighted by Gasteiger charge is -2.11. The summed E-state index contributed by atoms with van der Waals surface area (Å²) in [7, 11) is 1.93. The van der Waals surface area contributed by atoms with Crippen molar-refractivity contribution in [3.8, 4) is 11.3 Å². The number of nitrogens with zero attached hydrogens (tertiary/aromatic N) is 5. The number of benzene rings is 2. The van der Waals surface area contributed by atoms with E-state index in [0.29, 0.717) is 6.54 Å². The van der Waals surface area contributed by atoms with Crippen LogP contribution in [0.1, 0.15) is 11.1 Å². The topological polar surface area (TPSA) is 46.3 Å². The third-order valence-electron chi connectivity index (χ3n) is 4.41. The van der Waals surface area contributed by atoms with E-state index in [1.165, 1.54) is 5.56 Å². The first kappa shape index (κ1) is 17.7. The number of pyridine rings is 1. The number of para-hydroxylation sites is 1. The van der Waals surface area contributed by atoms with Crippen molar-refractivity contribution >= 4 is 11.9 Å². The van der Waals surface area contributed by atoms with Crippen LogP contribution in [0.25, 0.3) is 11.3 Å². The lowest BCUT2D eigenvalue weighted by Crippen LogP contribution is -2.08. The van der Waals surface area contributed by atoms with Crippen LogP contribution >= 0.6 is 0 Å². The van der Waals surface area contributed by atoms with Gasteiger partial charge < -0.3 is 0 Å². The average Bonchev–Trinajstić information content (AvgIpc) is 3.16. The molecule has 0 atom stereocenters. The van der Waals surface area contributed by atoms with Gasteiger partial charge in [-0.15, -0.1) is 0 Å². The molecule has 0 aliphatic rings. The Morgan fingerprint density at radius 1 is 0.964 bits per heavy atom. The molecule has 4 aromatic rings. The van der Waals surface area contributed by atoms with Crippen molar-refractivity contribution in [1.82, 2.24) is 14.8 Å².